The Balaban J connectivity index is 2.14. The van der Waals surface area contributed by atoms with E-state index in [4.69, 9.17) is 14.6 Å². The third-order valence-corrected chi connectivity index (χ3v) is 3.79. The second-order valence-corrected chi connectivity index (χ2v) is 5.14. The van der Waals surface area contributed by atoms with Gasteiger partial charge in [-0.2, -0.15) is 0 Å². The Morgan fingerprint density at radius 1 is 0.750 bits per heavy atom. The molecule has 2 fully saturated rings. The molecule has 0 radical (unpaired) electrons. The zero-order chi connectivity index (χ0) is 15.0. The first-order chi connectivity index (χ1) is 9.38. The van der Waals surface area contributed by atoms with E-state index in [-0.39, 0.29) is 6.61 Å². The topological polar surface area (TPSA) is 160 Å². The van der Waals surface area contributed by atoms with Gasteiger partial charge in [-0.15, -0.1) is 0 Å². The lowest BCUT2D eigenvalue weighted by molar-refractivity contribution is -0.286. The van der Waals surface area contributed by atoms with Crippen LogP contribution in [0.2, 0.25) is 0 Å². The molecular weight excluding hydrogens is 276 g/mol. The van der Waals surface area contributed by atoms with E-state index in [1.54, 1.807) is 0 Å². The standard InChI is InChI=1S/C11H20O9/c12-1-4-6(15)7(16)9(18)11(20-4)10-8(17)5(14)3(13)2-19-10/h3-18H,1-2H2/t3-,4+,5-,6+,7-,8+,9+,10?,11?/m0/s1. The highest BCUT2D eigenvalue weighted by molar-refractivity contribution is 5.00. The minimum absolute atomic E-state index is 0.280. The van der Waals surface area contributed by atoms with Crippen LogP contribution in [0.3, 0.4) is 0 Å². The van der Waals surface area contributed by atoms with Gasteiger partial charge >= 0.3 is 0 Å². The van der Waals surface area contributed by atoms with Crippen molar-refractivity contribution in [1.29, 1.82) is 0 Å². The molecular formula is C11H20O9. The van der Waals surface area contributed by atoms with Gasteiger partial charge in [0.25, 0.3) is 0 Å². The van der Waals surface area contributed by atoms with E-state index in [2.05, 4.69) is 0 Å². The normalized spacial score (nSPS) is 53.9. The maximum absolute atomic E-state index is 9.89. The first kappa shape index (κ1) is 16.0. The van der Waals surface area contributed by atoms with Gasteiger partial charge in [0, 0.05) is 0 Å². The highest BCUT2D eigenvalue weighted by Crippen LogP contribution is 2.29. The molecule has 0 bridgehead atoms. The molecule has 2 unspecified atom stereocenters. The second kappa shape index (κ2) is 6.18. The summed E-state index contributed by atoms with van der Waals surface area (Å²) in [7, 11) is 0. The van der Waals surface area contributed by atoms with Crippen LogP contribution in [-0.4, -0.2) is 104 Å². The summed E-state index contributed by atoms with van der Waals surface area (Å²) >= 11 is 0. The molecule has 0 aromatic rings. The summed E-state index contributed by atoms with van der Waals surface area (Å²) in [5.74, 6) is 0. The van der Waals surface area contributed by atoms with E-state index in [0.29, 0.717) is 0 Å². The summed E-state index contributed by atoms with van der Waals surface area (Å²) in [6.07, 6.45) is -12.6. The van der Waals surface area contributed by atoms with Crippen molar-refractivity contribution in [2.75, 3.05) is 13.2 Å². The Bertz CT molecular complexity index is 325. The third-order valence-electron chi connectivity index (χ3n) is 3.79. The van der Waals surface area contributed by atoms with Crippen LogP contribution in [0.4, 0.5) is 0 Å². The summed E-state index contributed by atoms with van der Waals surface area (Å²) in [6, 6.07) is 0. The number of hydrogen-bond acceptors (Lipinski definition) is 9. The smallest absolute Gasteiger partial charge is 0.115 e. The monoisotopic (exact) mass is 296 g/mol. The lowest BCUT2D eigenvalue weighted by Gasteiger charge is -2.46. The van der Waals surface area contributed by atoms with Gasteiger partial charge in [-0.05, 0) is 0 Å². The fraction of sp³-hybridized carbons (Fsp3) is 1.00. The van der Waals surface area contributed by atoms with Crippen molar-refractivity contribution in [3.63, 3.8) is 0 Å². The molecule has 2 rings (SSSR count). The summed E-state index contributed by atoms with van der Waals surface area (Å²) < 4.78 is 10.4. The molecule has 0 saturated carbocycles. The zero-order valence-electron chi connectivity index (χ0n) is 10.6. The Morgan fingerprint density at radius 3 is 1.95 bits per heavy atom. The van der Waals surface area contributed by atoms with Crippen LogP contribution in [0.25, 0.3) is 0 Å². The molecule has 9 nitrogen and oxygen atoms in total. The third kappa shape index (κ3) is 2.69. The van der Waals surface area contributed by atoms with Crippen LogP contribution in [-0.2, 0) is 9.47 Å². The molecule has 0 aromatic heterocycles. The van der Waals surface area contributed by atoms with E-state index in [0.717, 1.165) is 0 Å². The molecule has 118 valence electrons. The van der Waals surface area contributed by atoms with Crippen LogP contribution in [0.15, 0.2) is 0 Å². The predicted molar refractivity (Wildman–Crippen MR) is 61.5 cm³/mol. The number of hydrogen-bond donors (Lipinski definition) is 7. The Labute approximate surface area is 114 Å². The molecule has 2 aliphatic rings. The van der Waals surface area contributed by atoms with Gasteiger partial charge in [-0.25, -0.2) is 0 Å². The summed E-state index contributed by atoms with van der Waals surface area (Å²) in [4.78, 5) is 0. The molecule has 0 spiro atoms. The number of aliphatic hydroxyl groups is 7. The van der Waals surface area contributed by atoms with Gasteiger partial charge in [0.1, 0.15) is 54.9 Å². The Morgan fingerprint density at radius 2 is 1.35 bits per heavy atom. The van der Waals surface area contributed by atoms with Crippen LogP contribution < -0.4 is 0 Å². The van der Waals surface area contributed by atoms with Gasteiger partial charge in [0.05, 0.1) is 13.2 Å². The van der Waals surface area contributed by atoms with Gasteiger partial charge in [-0.1, -0.05) is 0 Å². The largest absolute Gasteiger partial charge is 0.394 e. The molecule has 20 heavy (non-hydrogen) atoms. The van der Waals surface area contributed by atoms with Crippen LogP contribution in [0.5, 0.6) is 0 Å². The zero-order valence-corrected chi connectivity index (χ0v) is 10.6. The average Bonchev–Trinajstić information content (AvgIpc) is 2.44. The van der Waals surface area contributed by atoms with E-state index in [9.17, 15) is 30.6 Å². The maximum atomic E-state index is 9.89. The molecule has 2 heterocycles. The van der Waals surface area contributed by atoms with Crippen molar-refractivity contribution in [2.45, 2.75) is 54.9 Å². The molecule has 9 atom stereocenters. The minimum atomic E-state index is -1.59. The van der Waals surface area contributed by atoms with E-state index in [1.807, 2.05) is 0 Å². The number of aliphatic hydroxyl groups excluding tert-OH is 7. The number of ether oxygens (including phenoxy) is 2. The van der Waals surface area contributed by atoms with Crippen molar-refractivity contribution in [1.82, 2.24) is 0 Å². The lowest BCUT2D eigenvalue weighted by atomic mass is 9.87. The van der Waals surface area contributed by atoms with Gasteiger partial charge in [0.15, 0.2) is 0 Å². The Hall–Kier alpha value is -0.360. The molecule has 9 heteroatoms. The van der Waals surface area contributed by atoms with E-state index in [1.165, 1.54) is 0 Å². The number of rotatable bonds is 2. The molecule has 7 N–H and O–H groups in total. The fourth-order valence-corrected chi connectivity index (χ4v) is 2.52. The first-order valence-corrected chi connectivity index (χ1v) is 6.34. The minimum Gasteiger partial charge on any atom is -0.394 e. The second-order valence-electron chi connectivity index (χ2n) is 5.14. The SMILES string of the molecule is OC[C@H]1OC(C2OC[C@H](O)[C@H](O)[C@H]2O)[C@H](O)[C@@H](O)[C@@H]1O. The van der Waals surface area contributed by atoms with E-state index >= 15 is 0 Å². The van der Waals surface area contributed by atoms with Crippen LogP contribution in [0, 0.1) is 0 Å². The highest BCUT2D eigenvalue weighted by atomic mass is 16.6. The fourth-order valence-electron chi connectivity index (χ4n) is 2.52. The summed E-state index contributed by atoms with van der Waals surface area (Å²) in [6.45, 7) is -0.882. The van der Waals surface area contributed by atoms with Crippen molar-refractivity contribution in [2.24, 2.45) is 0 Å². The summed E-state index contributed by atoms with van der Waals surface area (Å²) in [5, 5.41) is 67.1. The van der Waals surface area contributed by atoms with Crippen molar-refractivity contribution in [3.05, 3.63) is 0 Å². The van der Waals surface area contributed by atoms with Crippen molar-refractivity contribution in [3.8, 4) is 0 Å². The molecule has 0 aromatic carbocycles. The van der Waals surface area contributed by atoms with Gasteiger partial charge in [0.2, 0.25) is 0 Å². The van der Waals surface area contributed by atoms with Crippen molar-refractivity contribution >= 4 is 0 Å². The summed E-state index contributed by atoms with van der Waals surface area (Å²) in [5.41, 5.74) is 0. The maximum Gasteiger partial charge on any atom is 0.115 e. The quantitative estimate of drug-likeness (QED) is 0.265. The highest BCUT2D eigenvalue weighted by Gasteiger charge is 2.51. The Kier molecular flexibility index (Phi) is 4.95. The predicted octanol–water partition coefficient (Wildman–Crippen LogP) is -4.69. The van der Waals surface area contributed by atoms with Crippen molar-refractivity contribution < 1.29 is 45.2 Å². The van der Waals surface area contributed by atoms with Crippen LogP contribution in [0.1, 0.15) is 0 Å². The van der Waals surface area contributed by atoms with Gasteiger partial charge in [-0.3, -0.25) is 0 Å². The van der Waals surface area contributed by atoms with Gasteiger partial charge < -0.3 is 45.2 Å². The molecule has 0 aliphatic carbocycles. The average molecular weight is 296 g/mol. The van der Waals surface area contributed by atoms with E-state index < -0.39 is 61.5 Å². The first-order valence-electron chi connectivity index (χ1n) is 6.34. The molecule has 2 saturated heterocycles. The lowest BCUT2D eigenvalue weighted by Crippen LogP contribution is -2.66. The van der Waals surface area contributed by atoms with Crippen LogP contribution >= 0.6 is 0 Å². The molecule has 0 amide bonds. The molecule has 2 aliphatic heterocycles.